The summed E-state index contributed by atoms with van der Waals surface area (Å²) in [7, 11) is 3.84. The second kappa shape index (κ2) is 5.92. The highest BCUT2D eigenvalue weighted by atomic mass is 79.9. The third kappa shape index (κ3) is 3.27. The van der Waals surface area contributed by atoms with Crippen molar-refractivity contribution in [3.05, 3.63) is 57.1 Å². The molecule has 0 atom stereocenters. The van der Waals surface area contributed by atoms with Crippen LogP contribution in [0.1, 0.15) is 0 Å². The number of hydrogen-bond acceptors (Lipinski definition) is 4. The third-order valence-corrected chi connectivity index (χ3v) is 3.17. The number of nitrogens with zero attached hydrogens (tertiary/aromatic N) is 2. The Hall–Kier alpha value is -2.08. The molecule has 104 valence electrons. The minimum absolute atomic E-state index is 0.0744. The molecular weight excluding hydrogens is 324 g/mol. The summed E-state index contributed by atoms with van der Waals surface area (Å²) < 4.78 is 6.27. The van der Waals surface area contributed by atoms with Crippen molar-refractivity contribution >= 4 is 27.3 Å². The van der Waals surface area contributed by atoms with E-state index in [4.69, 9.17) is 4.74 Å². The Balaban J connectivity index is 2.35. The molecule has 0 aromatic heterocycles. The van der Waals surface area contributed by atoms with E-state index in [1.54, 1.807) is 18.2 Å². The predicted molar refractivity (Wildman–Crippen MR) is 81.6 cm³/mol. The normalized spacial score (nSPS) is 10.2. The number of hydrogen-bond donors (Lipinski definition) is 0. The van der Waals surface area contributed by atoms with Crippen molar-refractivity contribution in [3.63, 3.8) is 0 Å². The van der Waals surface area contributed by atoms with E-state index < -0.39 is 4.92 Å². The zero-order valence-corrected chi connectivity index (χ0v) is 12.6. The average Bonchev–Trinajstić information content (AvgIpc) is 2.41. The summed E-state index contributed by atoms with van der Waals surface area (Å²) in [6.45, 7) is 0. The summed E-state index contributed by atoms with van der Waals surface area (Å²) >= 11 is 3.21. The Bertz CT molecular complexity index is 644. The number of rotatable bonds is 4. The van der Waals surface area contributed by atoms with Crippen molar-refractivity contribution in [2.45, 2.75) is 0 Å². The van der Waals surface area contributed by atoms with Gasteiger partial charge >= 0.3 is 5.69 Å². The van der Waals surface area contributed by atoms with E-state index in [-0.39, 0.29) is 11.4 Å². The highest BCUT2D eigenvalue weighted by Crippen LogP contribution is 2.34. The first-order chi connectivity index (χ1) is 9.47. The standard InChI is InChI=1S/C14H13BrN2O3/c1-16(2)11-4-3-5-12(9-11)20-14-7-6-10(15)8-13(14)17(18)19/h3-9H,1-2H3. The Kier molecular flexibility index (Phi) is 4.24. The molecule has 0 N–H and O–H groups in total. The van der Waals surface area contributed by atoms with Gasteiger partial charge in [0.15, 0.2) is 0 Å². The molecule has 0 aliphatic carbocycles. The summed E-state index contributed by atoms with van der Waals surface area (Å²) in [5, 5.41) is 11.0. The summed E-state index contributed by atoms with van der Waals surface area (Å²) in [5.41, 5.74) is 0.886. The van der Waals surface area contributed by atoms with Gasteiger partial charge in [0.1, 0.15) is 5.75 Å². The molecule has 2 aromatic rings. The van der Waals surface area contributed by atoms with Crippen molar-refractivity contribution in [3.8, 4) is 11.5 Å². The lowest BCUT2D eigenvalue weighted by Crippen LogP contribution is -2.08. The molecule has 0 unspecified atom stereocenters. The summed E-state index contributed by atoms with van der Waals surface area (Å²) in [5.74, 6) is 0.774. The Morgan fingerprint density at radius 3 is 2.60 bits per heavy atom. The van der Waals surface area contributed by atoms with Gasteiger partial charge in [0.25, 0.3) is 0 Å². The van der Waals surface area contributed by atoms with Gasteiger partial charge in [0, 0.05) is 36.4 Å². The smallest absolute Gasteiger partial charge is 0.312 e. The van der Waals surface area contributed by atoms with E-state index in [0.717, 1.165) is 5.69 Å². The Labute approximate surface area is 125 Å². The molecule has 0 aliphatic heterocycles. The van der Waals surface area contributed by atoms with Crippen molar-refractivity contribution in [1.82, 2.24) is 0 Å². The third-order valence-electron chi connectivity index (χ3n) is 2.68. The fourth-order valence-electron chi connectivity index (χ4n) is 1.67. The van der Waals surface area contributed by atoms with Gasteiger partial charge in [-0.25, -0.2) is 0 Å². The molecule has 5 nitrogen and oxygen atoms in total. The van der Waals surface area contributed by atoms with Crippen molar-refractivity contribution < 1.29 is 9.66 Å². The van der Waals surface area contributed by atoms with Crippen LogP contribution in [-0.2, 0) is 0 Å². The Morgan fingerprint density at radius 1 is 1.20 bits per heavy atom. The molecule has 2 rings (SSSR count). The van der Waals surface area contributed by atoms with Crippen LogP contribution < -0.4 is 9.64 Å². The van der Waals surface area contributed by atoms with E-state index in [2.05, 4.69) is 15.9 Å². The van der Waals surface area contributed by atoms with Crippen LogP contribution in [0.3, 0.4) is 0 Å². The molecule has 6 heteroatoms. The van der Waals surface area contributed by atoms with Gasteiger partial charge in [0.05, 0.1) is 4.92 Å². The summed E-state index contributed by atoms with van der Waals surface area (Å²) in [6, 6.07) is 12.1. The second-order valence-corrected chi connectivity index (χ2v) is 5.28. The maximum Gasteiger partial charge on any atom is 0.312 e. The van der Waals surface area contributed by atoms with Gasteiger partial charge < -0.3 is 9.64 Å². The molecular formula is C14H13BrN2O3. The minimum atomic E-state index is -0.462. The average molecular weight is 337 g/mol. The summed E-state index contributed by atoms with van der Waals surface area (Å²) in [6.07, 6.45) is 0. The fourth-order valence-corrected chi connectivity index (χ4v) is 2.02. The van der Waals surface area contributed by atoms with E-state index in [0.29, 0.717) is 10.2 Å². The van der Waals surface area contributed by atoms with Crippen LogP contribution in [0.5, 0.6) is 11.5 Å². The molecule has 0 spiro atoms. The number of anilines is 1. The Morgan fingerprint density at radius 2 is 1.95 bits per heavy atom. The highest BCUT2D eigenvalue weighted by Gasteiger charge is 2.16. The van der Waals surface area contributed by atoms with Crippen LogP contribution >= 0.6 is 15.9 Å². The molecule has 0 amide bonds. The van der Waals surface area contributed by atoms with Gasteiger partial charge in [-0.15, -0.1) is 0 Å². The zero-order chi connectivity index (χ0) is 14.7. The maximum absolute atomic E-state index is 11.0. The molecule has 0 aliphatic rings. The SMILES string of the molecule is CN(C)c1cccc(Oc2ccc(Br)cc2[N+](=O)[O-])c1. The molecule has 0 radical (unpaired) electrons. The molecule has 0 saturated carbocycles. The first-order valence-corrected chi connectivity index (χ1v) is 6.66. The van der Waals surface area contributed by atoms with Gasteiger partial charge in [-0.2, -0.15) is 0 Å². The lowest BCUT2D eigenvalue weighted by Gasteiger charge is -2.14. The lowest BCUT2D eigenvalue weighted by atomic mass is 10.2. The number of nitro benzene ring substituents is 1. The second-order valence-electron chi connectivity index (χ2n) is 4.36. The van der Waals surface area contributed by atoms with E-state index in [1.165, 1.54) is 6.07 Å². The predicted octanol–water partition coefficient (Wildman–Crippen LogP) is 4.22. The van der Waals surface area contributed by atoms with E-state index in [1.807, 2.05) is 37.2 Å². The number of halogens is 1. The zero-order valence-electron chi connectivity index (χ0n) is 11.0. The maximum atomic E-state index is 11.0. The molecule has 0 bridgehead atoms. The van der Waals surface area contributed by atoms with Gasteiger partial charge in [0.2, 0.25) is 5.75 Å². The van der Waals surface area contributed by atoms with Crippen molar-refractivity contribution in [2.75, 3.05) is 19.0 Å². The monoisotopic (exact) mass is 336 g/mol. The largest absolute Gasteiger partial charge is 0.450 e. The van der Waals surface area contributed by atoms with Crippen molar-refractivity contribution in [1.29, 1.82) is 0 Å². The van der Waals surface area contributed by atoms with Gasteiger partial charge in [-0.05, 0) is 24.3 Å². The first-order valence-electron chi connectivity index (χ1n) is 5.86. The van der Waals surface area contributed by atoms with E-state index >= 15 is 0 Å². The number of benzene rings is 2. The van der Waals surface area contributed by atoms with E-state index in [9.17, 15) is 10.1 Å². The van der Waals surface area contributed by atoms with Crippen LogP contribution in [0, 0.1) is 10.1 Å². The van der Waals surface area contributed by atoms with Crippen LogP contribution in [-0.4, -0.2) is 19.0 Å². The minimum Gasteiger partial charge on any atom is -0.450 e. The van der Waals surface area contributed by atoms with Crippen LogP contribution in [0.15, 0.2) is 46.9 Å². The summed E-state index contributed by atoms with van der Waals surface area (Å²) in [4.78, 5) is 12.5. The molecule has 0 fully saturated rings. The topological polar surface area (TPSA) is 55.6 Å². The molecule has 0 saturated heterocycles. The lowest BCUT2D eigenvalue weighted by molar-refractivity contribution is -0.385. The quantitative estimate of drug-likeness (QED) is 0.619. The van der Waals surface area contributed by atoms with Crippen LogP contribution in [0.25, 0.3) is 0 Å². The first kappa shape index (κ1) is 14.3. The van der Waals surface area contributed by atoms with Crippen LogP contribution in [0.2, 0.25) is 0 Å². The van der Waals surface area contributed by atoms with Gasteiger partial charge in [-0.3, -0.25) is 10.1 Å². The molecule has 20 heavy (non-hydrogen) atoms. The highest BCUT2D eigenvalue weighted by molar-refractivity contribution is 9.10. The van der Waals surface area contributed by atoms with Crippen LogP contribution in [0.4, 0.5) is 11.4 Å². The number of nitro groups is 1. The molecule has 0 heterocycles. The van der Waals surface area contributed by atoms with Crippen molar-refractivity contribution in [2.24, 2.45) is 0 Å². The van der Waals surface area contributed by atoms with Gasteiger partial charge in [-0.1, -0.05) is 22.0 Å². The fraction of sp³-hybridized carbons (Fsp3) is 0.143. The number of ether oxygens (including phenoxy) is 1. The molecule has 2 aromatic carbocycles.